The van der Waals surface area contributed by atoms with Crippen molar-refractivity contribution >= 4 is 0 Å². The minimum Gasteiger partial charge on any atom is -0.496 e. The summed E-state index contributed by atoms with van der Waals surface area (Å²) >= 11 is 0. The van der Waals surface area contributed by atoms with Gasteiger partial charge in [-0.15, -0.1) is 0 Å². The molecule has 9 nitrogen and oxygen atoms in total. The molecule has 206 valence electrons. The highest BCUT2D eigenvalue weighted by Gasteiger charge is 2.46. The van der Waals surface area contributed by atoms with Gasteiger partial charge in [0.25, 0.3) is 0 Å². The van der Waals surface area contributed by atoms with Gasteiger partial charge >= 0.3 is 0 Å². The molecule has 0 bridgehead atoms. The summed E-state index contributed by atoms with van der Waals surface area (Å²) in [4.78, 5) is 0. The quantitative estimate of drug-likeness (QED) is 0.298. The molecule has 0 fully saturated rings. The molecule has 0 spiro atoms. The first-order valence-corrected chi connectivity index (χ1v) is 11.7. The highest BCUT2D eigenvalue weighted by Crippen LogP contribution is 2.58. The molecule has 0 aliphatic carbocycles. The van der Waals surface area contributed by atoms with Gasteiger partial charge in [-0.2, -0.15) is 0 Å². The second-order valence-corrected chi connectivity index (χ2v) is 8.35. The van der Waals surface area contributed by atoms with E-state index in [-0.39, 0.29) is 0 Å². The molecule has 3 aromatic rings. The van der Waals surface area contributed by atoms with E-state index in [4.69, 9.17) is 42.6 Å². The topological polar surface area (TPSA) is 83.1 Å². The van der Waals surface area contributed by atoms with Crippen molar-refractivity contribution < 1.29 is 42.6 Å². The Hall–Kier alpha value is -4.14. The fourth-order valence-electron chi connectivity index (χ4n) is 4.87. The predicted octanol–water partition coefficient (Wildman–Crippen LogP) is 5.12. The van der Waals surface area contributed by atoms with E-state index in [0.29, 0.717) is 68.4 Å². The van der Waals surface area contributed by atoms with Crippen LogP contribution in [0.25, 0.3) is 0 Å². The minimum atomic E-state index is -1.12. The lowest BCUT2D eigenvalue weighted by molar-refractivity contribution is 0.333. The molecule has 0 aliphatic rings. The number of hydrogen-bond donors (Lipinski definition) is 0. The summed E-state index contributed by atoms with van der Waals surface area (Å²) in [5, 5.41) is 0. The zero-order valence-corrected chi connectivity index (χ0v) is 23.6. The van der Waals surface area contributed by atoms with E-state index in [2.05, 4.69) is 0 Å². The van der Waals surface area contributed by atoms with Crippen molar-refractivity contribution in [3.05, 3.63) is 53.1 Å². The molecule has 0 radical (unpaired) electrons. The molecular formula is C29H36O9. The Morgan fingerprint density at radius 2 is 0.526 bits per heavy atom. The van der Waals surface area contributed by atoms with Crippen LogP contribution in [0.5, 0.6) is 51.7 Å². The first kappa shape index (κ1) is 28.4. The summed E-state index contributed by atoms with van der Waals surface area (Å²) < 4.78 is 52.2. The van der Waals surface area contributed by atoms with Crippen LogP contribution in [0.15, 0.2) is 36.4 Å². The third-order valence-electron chi connectivity index (χ3n) is 6.65. The first-order chi connectivity index (χ1) is 18.3. The standard InChI is InChI=1S/C29H36O9/c1-29(26-20(33-5)11-17(30-2)12-21(26)34-6,27-22(35-7)13-18(31-3)14-23(27)36-8)28-24(37-9)15-19(32-4)16-25(28)38-10/h11-16H,1-10H3. The third kappa shape index (κ3) is 4.76. The van der Waals surface area contributed by atoms with Crippen molar-refractivity contribution in [1.29, 1.82) is 0 Å². The normalized spacial score (nSPS) is 10.9. The van der Waals surface area contributed by atoms with Crippen LogP contribution in [-0.4, -0.2) is 64.0 Å². The van der Waals surface area contributed by atoms with Crippen molar-refractivity contribution in [3.63, 3.8) is 0 Å². The van der Waals surface area contributed by atoms with Crippen LogP contribution in [-0.2, 0) is 5.41 Å². The molecule has 0 aromatic heterocycles. The highest BCUT2D eigenvalue weighted by molar-refractivity contribution is 5.72. The summed E-state index contributed by atoms with van der Waals surface area (Å²) in [5.41, 5.74) is 0.861. The van der Waals surface area contributed by atoms with Crippen LogP contribution in [0, 0.1) is 0 Å². The van der Waals surface area contributed by atoms with E-state index in [9.17, 15) is 0 Å². The van der Waals surface area contributed by atoms with Crippen LogP contribution in [0.4, 0.5) is 0 Å². The van der Waals surface area contributed by atoms with Crippen molar-refractivity contribution in [2.24, 2.45) is 0 Å². The maximum absolute atomic E-state index is 5.93. The summed E-state index contributed by atoms with van der Waals surface area (Å²) in [6.07, 6.45) is 0. The van der Waals surface area contributed by atoms with Gasteiger partial charge in [-0.25, -0.2) is 0 Å². The Kier molecular flexibility index (Phi) is 8.93. The largest absolute Gasteiger partial charge is 0.496 e. The SMILES string of the molecule is COc1cc(OC)c(C(C)(c2c(OC)cc(OC)cc2OC)c2c(OC)cc(OC)cc2OC)c(OC)c1. The van der Waals surface area contributed by atoms with Crippen molar-refractivity contribution in [2.75, 3.05) is 64.0 Å². The van der Waals surface area contributed by atoms with Gasteiger partial charge < -0.3 is 42.6 Å². The summed E-state index contributed by atoms with van der Waals surface area (Å²) in [6.45, 7) is 2.00. The van der Waals surface area contributed by atoms with Gasteiger partial charge in [0, 0.05) is 36.4 Å². The van der Waals surface area contributed by atoms with Gasteiger partial charge in [0.1, 0.15) is 51.7 Å². The minimum absolute atomic E-state index is 0.503. The number of rotatable bonds is 12. The molecule has 9 heteroatoms. The maximum Gasteiger partial charge on any atom is 0.130 e. The average molecular weight is 529 g/mol. The van der Waals surface area contributed by atoms with Crippen LogP contribution in [0.3, 0.4) is 0 Å². The van der Waals surface area contributed by atoms with Crippen LogP contribution < -0.4 is 42.6 Å². The van der Waals surface area contributed by atoms with Crippen molar-refractivity contribution in [1.82, 2.24) is 0 Å². The molecule has 0 N–H and O–H groups in total. The van der Waals surface area contributed by atoms with Crippen molar-refractivity contribution in [2.45, 2.75) is 12.3 Å². The fraction of sp³-hybridized carbons (Fsp3) is 0.379. The highest BCUT2D eigenvalue weighted by atomic mass is 16.5. The zero-order chi connectivity index (χ0) is 28.0. The number of ether oxygens (including phenoxy) is 9. The molecule has 0 amide bonds. The molecule has 0 aliphatic heterocycles. The van der Waals surface area contributed by atoms with E-state index in [1.54, 1.807) is 100 Å². The molecule has 0 saturated carbocycles. The zero-order valence-electron chi connectivity index (χ0n) is 23.6. The Balaban J connectivity index is 2.68. The van der Waals surface area contributed by atoms with E-state index in [0.717, 1.165) is 0 Å². The Labute approximate surface area is 224 Å². The van der Waals surface area contributed by atoms with Crippen LogP contribution >= 0.6 is 0 Å². The molecule has 38 heavy (non-hydrogen) atoms. The number of hydrogen-bond acceptors (Lipinski definition) is 9. The van der Waals surface area contributed by atoms with Gasteiger partial charge in [0.05, 0.1) is 86.1 Å². The predicted molar refractivity (Wildman–Crippen MR) is 144 cm³/mol. The summed E-state index contributed by atoms with van der Waals surface area (Å²) in [7, 11) is 14.3. The van der Waals surface area contributed by atoms with Gasteiger partial charge in [-0.1, -0.05) is 0 Å². The fourth-order valence-corrected chi connectivity index (χ4v) is 4.87. The Bertz CT molecular complexity index is 1040. The average Bonchev–Trinajstić information content (AvgIpc) is 2.97. The van der Waals surface area contributed by atoms with E-state index in [1.165, 1.54) is 0 Å². The van der Waals surface area contributed by atoms with Crippen LogP contribution in [0.2, 0.25) is 0 Å². The first-order valence-electron chi connectivity index (χ1n) is 11.7. The molecule has 0 saturated heterocycles. The smallest absolute Gasteiger partial charge is 0.130 e. The number of benzene rings is 3. The van der Waals surface area contributed by atoms with E-state index >= 15 is 0 Å². The Morgan fingerprint density at radius 3 is 0.658 bits per heavy atom. The summed E-state index contributed by atoms with van der Waals surface area (Å²) in [5.74, 6) is 4.71. The molecule has 3 rings (SSSR count). The van der Waals surface area contributed by atoms with E-state index < -0.39 is 5.41 Å². The molecule has 0 atom stereocenters. The number of methoxy groups -OCH3 is 9. The molecular weight excluding hydrogens is 492 g/mol. The maximum atomic E-state index is 5.93. The lowest BCUT2D eigenvalue weighted by atomic mass is 9.68. The lowest BCUT2D eigenvalue weighted by Gasteiger charge is -2.37. The van der Waals surface area contributed by atoms with Gasteiger partial charge in [-0.3, -0.25) is 0 Å². The van der Waals surface area contributed by atoms with Gasteiger partial charge in [0.2, 0.25) is 0 Å². The molecule has 0 heterocycles. The summed E-state index contributed by atoms with van der Waals surface area (Å²) in [6, 6.07) is 10.8. The van der Waals surface area contributed by atoms with Gasteiger partial charge in [0.15, 0.2) is 0 Å². The van der Waals surface area contributed by atoms with Crippen LogP contribution in [0.1, 0.15) is 23.6 Å². The molecule has 3 aromatic carbocycles. The van der Waals surface area contributed by atoms with Gasteiger partial charge in [-0.05, 0) is 6.92 Å². The molecule has 0 unspecified atom stereocenters. The Morgan fingerprint density at radius 1 is 0.342 bits per heavy atom. The second kappa shape index (κ2) is 11.9. The van der Waals surface area contributed by atoms with Crippen molar-refractivity contribution in [3.8, 4) is 51.7 Å². The second-order valence-electron chi connectivity index (χ2n) is 8.35. The monoisotopic (exact) mass is 528 g/mol. The third-order valence-corrected chi connectivity index (χ3v) is 6.65. The lowest BCUT2D eigenvalue weighted by Crippen LogP contribution is -2.30. The van der Waals surface area contributed by atoms with E-state index in [1.807, 2.05) is 6.92 Å².